The molecule has 0 aliphatic carbocycles. The molecule has 7 nitrogen and oxygen atoms in total. The monoisotopic (exact) mass is 376 g/mol. The molecule has 9 heteroatoms. The Bertz CT molecular complexity index is 981. The average Bonchev–Trinajstić information content (AvgIpc) is 3.17. The Hall–Kier alpha value is -3.23. The zero-order valence-corrected chi connectivity index (χ0v) is 15.0. The summed E-state index contributed by atoms with van der Waals surface area (Å²) in [7, 11) is 0. The Kier molecular flexibility index (Phi) is 5.20. The Morgan fingerprint density at radius 2 is 2.11 bits per heavy atom. The van der Waals surface area contributed by atoms with Gasteiger partial charge in [-0.05, 0) is 32.9 Å². The van der Waals surface area contributed by atoms with E-state index in [1.807, 2.05) is 13.8 Å². The third kappa shape index (κ3) is 3.81. The van der Waals surface area contributed by atoms with Crippen LogP contribution in [0.5, 0.6) is 5.75 Å². The van der Waals surface area contributed by atoms with Crippen LogP contribution in [0.4, 0.5) is 14.5 Å². The van der Waals surface area contributed by atoms with Gasteiger partial charge in [0.15, 0.2) is 17.3 Å². The average molecular weight is 376 g/mol. The highest BCUT2D eigenvalue weighted by Crippen LogP contribution is 2.22. The molecule has 0 atom stereocenters. The highest BCUT2D eigenvalue weighted by molar-refractivity contribution is 6.04. The largest absolute Gasteiger partial charge is 0.486 e. The van der Waals surface area contributed by atoms with Crippen molar-refractivity contribution < 1.29 is 22.8 Å². The molecule has 0 saturated carbocycles. The molecule has 0 spiro atoms. The predicted molar refractivity (Wildman–Crippen MR) is 92.5 cm³/mol. The van der Waals surface area contributed by atoms with Gasteiger partial charge in [0.1, 0.15) is 18.2 Å². The summed E-state index contributed by atoms with van der Waals surface area (Å²) in [5.41, 5.74) is 1.76. The minimum absolute atomic E-state index is 0.0265. The molecule has 2 aromatic heterocycles. The maximum absolute atomic E-state index is 13.7. The first-order chi connectivity index (χ1) is 12.9. The van der Waals surface area contributed by atoms with Gasteiger partial charge in [-0.1, -0.05) is 5.16 Å². The third-order valence-electron chi connectivity index (χ3n) is 4.12. The second-order valence-electron chi connectivity index (χ2n) is 5.84. The number of aryl methyl sites for hydroxylation is 2. The van der Waals surface area contributed by atoms with Crippen molar-refractivity contribution in [1.29, 1.82) is 0 Å². The van der Waals surface area contributed by atoms with Crippen LogP contribution in [0.25, 0.3) is 0 Å². The molecule has 3 rings (SSSR count). The highest BCUT2D eigenvalue weighted by Gasteiger charge is 2.22. The number of carbonyl (C=O) groups is 1. The van der Waals surface area contributed by atoms with E-state index in [0.29, 0.717) is 23.6 Å². The summed E-state index contributed by atoms with van der Waals surface area (Å²) >= 11 is 0. The van der Waals surface area contributed by atoms with Crippen molar-refractivity contribution in [3.63, 3.8) is 0 Å². The second-order valence-corrected chi connectivity index (χ2v) is 5.84. The number of nitrogens with zero attached hydrogens (tertiary/aromatic N) is 3. The van der Waals surface area contributed by atoms with Crippen molar-refractivity contribution in [3.8, 4) is 5.75 Å². The summed E-state index contributed by atoms with van der Waals surface area (Å²) in [5.74, 6) is -1.81. The van der Waals surface area contributed by atoms with Gasteiger partial charge >= 0.3 is 0 Å². The number of carbonyl (C=O) groups excluding carboxylic acids is 1. The summed E-state index contributed by atoms with van der Waals surface area (Å²) < 4.78 is 38.9. The van der Waals surface area contributed by atoms with Crippen molar-refractivity contribution in [2.75, 3.05) is 5.32 Å². The molecule has 1 amide bonds. The van der Waals surface area contributed by atoms with Crippen LogP contribution in [0.1, 0.15) is 34.4 Å². The molecule has 0 unspecified atom stereocenters. The molecule has 0 fully saturated rings. The van der Waals surface area contributed by atoms with Crippen molar-refractivity contribution in [3.05, 3.63) is 58.7 Å². The summed E-state index contributed by atoms with van der Waals surface area (Å²) in [4.78, 5) is 12.6. The SMILES string of the molecule is CCn1ncc(NC(=O)c2noc(C)c2COc2ccc(F)cc2F)c1C. The van der Waals surface area contributed by atoms with Crippen LogP contribution < -0.4 is 10.1 Å². The topological polar surface area (TPSA) is 82.2 Å². The first-order valence-corrected chi connectivity index (χ1v) is 8.27. The summed E-state index contributed by atoms with van der Waals surface area (Å²) in [5, 5.41) is 10.7. The number of nitrogens with one attached hydrogen (secondary N) is 1. The maximum atomic E-state index is 13.7. The van der Waals surface area contributed by atoms with E-state index in [9.17, 15) is 13.6 Å². The van der Waals surface area contributed by atoms with Crippen LogP contribution in [0.15, 0.2) is 28.9 Å². The number of anilines is 1. The number of benzene rings is 1. The molecule has 2 heterocycles. The number of amides is 1. The Labute approximate surface area is 153 Å². The van der Waals surface area contributed by atoms with Gasteiger partial charge in [-0.2, -0.15) is 5.10 Å². The standard InChI is InChI=1S/C18H18F2N4O3/c1-4-24-10(2)15(8-21-24)22-18(25)17-13(11(3)27-23-17)9-26-16-6-5-12(19)7-14(16)20/h5-8H,4,9H2,1-3H3,(H,22,25). The lowest BCUT2D eigenvalue weighted by Crippen LogP contribution is -2.16. The van der Waals surface area contributed by atoms with E-state index in [0.717, 1.165) is 17.8 Å². The molecule has 3 aromatic rings. The predicted octanol–water partition coefficient (Wildman–Crippen LogP) is 3.62. The fourth-order valence-corrected chi connectivity index (χ4v) is 2.55. The van der Waals surface area contributed by atoms with Gasteiger partial charge in [0.05, 0.1) is 23.1 Å². The van der Waals surface area contributed by atoms with Gasteiger partial charge in [-0.25, -0.2) is 8.78 Å². The van der Waals surface area contributed by atoms with Crippen molar-refractivity contribution in [2.24, 2.45) is 0 Å². The lowest BCUT2D eigenvalue weighted by atomic mass is 10.2. The molecule has 1 aromatic carbocycles. The molecule has 27 heavy (non-hydrogen) atoms. The normalized spacial score (nSPS) is 10.9. The van der Waals surface area contributed by atoms with Gasteiger partial charge in [-0.3, -0.25) is 9.48 Å². The summed E-state index contributed by atoms with van der Waals surface area (Å²) in [6, 6.07) is 2.98. The van der Waals surface area contributed by atoms with Crippen molar-refractivity contribution in [2.45, 2.75) is 33.9 Å². The van der Waals surface area contributed by atoms with Crippen molar-refractivity contribution >= 4 is 11.6 Å². The van der Waals surface area contributed by atoms with Gasteiger partial charge in [-0.15, -0.1) is 0 Å². The van der Waals surface area contributed by atoms with Gasteiger partial charge in [0, 0.05) is 12.6 Å². The fourth-order valence-electron chi connectivity index (χ4n) is 2.55. The highest BCUT2D eigenvalue weighted by atomic mass is 19.1. The quantitative estimate of drug-likeness (QED) is 0.711. The van der Waals surface area contributed by atoms with E-state index in [-0.39, 0.29) is 18.1 Å². The first kappa shape index (κ1) is 18.6. The second kappa shape index (κ2) is 7.56. The number of ether oxygens (including phenoxy) is 1. The van der Waals surface area contributed by atoms with E-state index in [1.165, 1.54) is 6.07 Å². The molecule has 0 aliphatic heterocycles. The maximum Gasteiger partial charge on any atom is 0.278 e. The Morgan fingerprint density at radius 3 is 2.78 bits per heavy atom. The van der Waals surface area contributed by atoms with E-state index >= 15 is 0 Å². The van der Waals surface area contributed by atoms with Crippen LogP contribution in [0, 0.1) is 25.5 Å². The van der Waals surface area contributed by atoms with Crippen molar-refractivity contribution in [1.82, 2.24) is 14.9 Å². The van der Waals surface area contributed by atoms with Crippen LogP contribution in [0.3, 0.4) is 0 Å². The lowest BCUT2D eigenvalue weighted by molar-refractivity contribution is 0.101. The molecular weight excluding hydrogens is 358 g/mol. The molecule has 0 aliphatic rings. The Balaban J connectivity index is 1.77. The third-order valence-corrected chi connectivity index (χ3v) is 4.12. The lowest BCUT2D eigenvalue weighted by Gasteiger charge is -2.08. The summed E-state index contributed by atoms with van der Waals surface area (Å²) in [6.45, 7) is 5.91. The van der Waals surface area contributed by atoms with E-state index in [1.54, 1.807) is 17.8 Å². The molecule has 142 valence electrons. The fraction of sp³-hybridized carbons (Fsp3) is 0.278. The van der Waals surface area contributed by atoms with Gasteiger partial charge in [0.25, 0.3) is 5.91 Å². The van der Waals surface area contributed by atoms with Crippen LogP contribution >= 0.6 is 0 Å². The zero-order chi connectivity index (χ0) is 19.6. The molecule has 0 radical (unpaired) electrons. The number of halogens is 2. The minimum Gasteiger partial charge on any atom is -0.486 e. The molecule has 0 bridgehead atoms. The Morgan fingerprint density at radius 1 is 1.33 bits per heavy atom. The number of aromatic nitrogens is 3. The number of hydrogen-bond donors (Lipinski definition) is 1. The van der Waals surface area contributed by atoms with Crippen LogP contribution in [-0.2, 0) is 13.2 Å². The molecular formula is C18H18F2N4O3. The number of hydrogen-bond acceptors (Lipinski definition) is 5. The summed E-state index contributed by atoms with van der Waals surface area (Å²) in [6.07, 6.45) is 1.55. The van der Waals surface area contributed by atoms with Gasteiger partial charge in [0.2, 0.25) is 0 Å². The molecule has 0 saturated heterocycles. The smallest absolute Gasteiger partial charge is 0.278 e. The first-order valence-electron chi connectivity index (χ1n) is 8.27. The van der Waals surface area contributed by atoms with Crippen LogP contribution in [0.2, 0.25) is 0 Å². The van der Waals surface area contributed by atoms with E-state index < -0.39 is 17.5 Å². The molecule has 1 N–H and O–H groups in total. The van der Waals surface area contributed by atoms with E-state index in [4.69, 9.17) is 9.26 Å². The van der Waals surface area contributed by atoms with E-state index in [2.05, 4.69) is 15.6 Å². The number of rotatable bonds is 6. The van der Waals surface area contributed by atoms with Crippen LogP contribution in [-0.4, -0.2) is 20.8 Å². The van der Waals surface area contributed by atoms with Gasteiger partial charge < -0.3 is 14.6 Å². The zero-order valence-electron chi connectivity index (χ0n) is 15.0. The minimum atomic E-state index is -0.835.